The molecule has 19 heavy (non-hydrogen) atoms. The maximum absolute atomic E-state index is 12.3. The highest BCUT2D eigenvalue weighted by molar-refractivity contribution is 6.05. The number of hydrogen-bond donors (Lipinski definition) is 2. The lowest BCUT2D eigenvalue weighted by Crippen LogP contribution is -2.26. The number of nitrogens with zero attached hydrogens (tertiary/aromatic N) is 1. The summed E-state index contributed by atoms with van der Waals surface area (Å²) in [7, 11) is 1.75. The first-order valence-corrected chi connectivity index (χ1v) is 6.04. The van der Waals surface area contributed by atoms with Crippen LogP contribution in [0.4, 0.5) is 11.4 Å². The first-order valence-electron chi connectivity index (χ1n) is 6.04. The molecule has 2 aromatic carbocycles. The molecule has 0 aliphatic carbocycles. The Labute approximate surface area is 112 Å². The van der Waals surface area contributed by atoms with Crippen LogP contribution in [0.2, 0.25) is 0 Å². The van der Waals surface area contributed by atoms with E-state index in [0.29, 0.717) is 17.8 Å². The minimum Gasteiger partial charge on any atom is -0.399 e. The van der Waals surface area contributed by atoms with Gasteiger partial charge in [0, 0.05) is 30.5 Å². The van der Waals surface area contributed by atoms with Crippen molar-refractivity contribution < 1.29 is 4.79 Å². The van der Waals surface area contributed by atoms with Gasteiger partial charge in [0.15, 0.2) is 0 Å². The molecule has 98 valence electrons. The van der Waals surface area contributed by atoms with E-state index >= 15 is 0 Å². The molecule has 1 amide bonds. The Morgan fingerprint density at radius 1 is 1.05 bits per heavy atom. The second kappa shape index (κ2) is 5.54. The highest BCUT2D eigenvalue weighted by atomic mass is 16.2. The van der Waals surface area contributed by atoms with E-state index in [1.165, 1.54) is 0 Å². The summed E-state index contributed by atoms with van der Waals surface area (Å²) < 4.78 is 0. The first-order chi connectivity index (χ1) is 9.11. The highest BCUT2D eigenvalue weighted by Gasteiger charge is 2.12. The largest absolute Gasteiger partial charge is 0.399 e. The van der Waals surface area contributed by atoms with Crippen molar-refractivity contribution in [1.82, 2.24) is 0 Å². The van der Waals surface area contributed by atoms with Crippen LogP contribution in [0.25, 0.3) is 0 Å². The summed E-state index contributed by atoms with van der Waals surface area (Å²) in [5.74, 6) is -0.0690. The summed E-state index contributed by atoms with van der Waals surface area (Å²) in [6.07, 6.45) is 0. The molecule has 0 aliphatic rings. The van der Waals surface area contributed by atoms with E-state index in [4.69, 9.17) is 11.5 Å². The quantitative estimate of drug-likeness (QED) is 0.824. The van der Waals surface area contributed by atoms with E-state index in [1.54, 1.807) is 36.2 Å². The average Bonchev–Trinajstić information content (AvgIpc) is 2.46. The minimum atomic E-state index is -0.0690. The lowest BCUT2D eigenvalue weighted by Gasteiger charge is -2.17. The van der Waals surface area contributed by atoms with Crippen LogP contribution >= 0.6 is 0 Å². The number of carbonyl (C=O) groups is 1. The molecular weight excluding hydrogens is 238 g/mol. The van der Waals surface area contributed by atoms with Crippen LogP contribution < -0.4 is 16.4 Å². The molecule has 0 spiro atoms. The summed E-state index contributed by atoms with van der Waals surface area (Å²) in [6, 6.07) is 14.5. The smallest absolute Gasteiger partial charge is 0.258 e. The normalized spacial score (nSPS) is 10.2. The van der Waals surface area contributed by atoms with E-state index in [-0.39, 0.29) is 5.91 Å². The summed E-state index contributed by atoms with van der Waals surface area (Å²) >= 11 is 0. The van der Waals surface area contributed by atoms with Crippen LogP contribution in [0.3, 0.4) is 0 Å². The van der Waals surface area contributed by atoms with Crippen molar-refractivity contribution >= 4 is 17.3 Å². The number of nitrogen functional groups attached to an aromatic ring is 1. The number of rotatable bonds is 3. The predicted octanol–water partition coefficient (Wildman–Crippen LogP) is 2.00. The van der Waals surface area contributed by atoms with Gasteiger partial charge in [-0.3, -0.25) is 4.79 Å². The number of carbonyl (C=O) groups excluding carboxylic acids is 1. The van der Waals surface area contributed by atoms with E-state index in [0.717, 1.165) is 11.3 Å². The summed E-state index contributed by atoms with van der Waals surface area (Å²) in [6.45, 7) is 0.496. The molecule has 0 fully saturated rings. The standard InChI is InChI=1S/C15H17N3O/c1-18(14-8-2-11(10-16)3-9-14)15(19)12-4-6-13(17)7-5-12/h2-9H,10,16-17H2,1H3. The number of hydrogen-bond acceptors (Lipinski definition) is 3. The fourth-order valence-electron chi connectivity index (χ4n) is 1.79. The van der Waals surface area contributed by atoms with Crippen LogP contribution in [-0.2, 0) is 6.54 Å². The van der Waals surface area contributed by atoms with E-state index in [1.807, 2.05) is 24.3 Å². The molecular formula is C15H17N3O. The molecule has 0 saturated heterocycles. The van der Waals surface area contributed by atoms with Gasteiger partial charge in [-0.15, -0.1) is 0 Å². The third-order valence-electron chi connectivity index (χ3n) is 3.02. The molecule has 4 N–H and O–H groups in total. The summed E-state index contributed by atoms with van der Waals surface area (Å²) in [5, 5.41) is 0. The number of anilines is 2. The lowest BCUT2D eigenvalue weighted by atomic mass is 10.1. The first kappa shape index (κ1) is 13.1. The van der Waals surface area contributed by atoms with Gasteiger partial charge >= 0.3 is 0 Å². The Morgan fingerprint density at radius 2 is 1.63 bits per heavy atom. The monoisotopic (exact) mass is 255 g/mol. The molecule has 0 heterocycles. The molecule has 4 nitrogen and oxygen atoms in total. The Kier molecular flexibility index (Phi) is 3.82. The highest BCUT2D eigenvalue weighted by Crippen LogP contribution is 2.17. The molecule has 2 aromatic rings. The van der Waals surface area contributed by atoms with Crippen LogP contribution in [0.15, 0.2) is 48.5 Å². The maximum Gasteiger partial charge on any atom is 0.258 e. The second-order valence-corrected chi connectivity index (χ2v) is 4.36. The molecule has 0 atom stereocenters. The van der Waals surface area contributed by atoms with Crippen LogP contribution in [0.5, 0.6) is 0 Å². The zero-order valence-corrected chi connectivity index (χ0v) is 10.8. The number of amides is 1. The molecule has 0 aromatic heterocycles. The predicted molar refractivity (Wildman–Crippen MR) is 77.9 cm³/mol. The molecule has 2 rings (SSSR count). The van der Waals surface area contributed by atoms with Crippen molar-refractivity contribution in [1.29, 1.82) is 0 Å². The fourth-order valence-corrected chi connectivity index (χ4v) is 1.79. The Hall–Kier alpha value is -2.33. The van der Waals surface area contributed by atoms with Gasteiger partial charge in [-0.1, -0.05) is 12.1 Å². The van der Waals surface area contributed by atoms with E-state index in [2.05, 4.69) is 0 Å². The van der Waals surface area contributed by atoms with Crippen molar-refractivity contribution in [2.45, 2.75) is 6.54 Å². The van der Waals surface area contributed by atoms with Gasteiger partial charge in [0.05, 0.1) is 0 Å². The van der Waals surface area contributed by atoms with Crippen LogP contribution in [0.1, 0.15) is 15.9 Å². The van der Waals surface area contributed by atoms with Crippen molar-refractivity contribution in [2.75, 3.05) is 17.7 Å². The van der Waals surface area contributed by atoms with Gasteiger partial charge < -0.3 is 16.4 Å². The lowest BCUT2D eigenvalue weighted by molar-refractivity contribution is 0.0993. The van der Waals surface area contributed by atoms with Gasteiger partial charge in [0.2, 0.25) is 0 Å². The van der Waals surface area contributed by atoms with Crippen molar-refractivity contribution in [3.8, 4) is 0 Å². The van der Waals surface area contributed by atoms with Gasteiger partial charge in [0.25, 0.3) is 5.91 Å². The third kappa shape index (κ3) is 2.92. The zero-order valence-electron chi connectivity index (χ0n) is 10.8. The number of nitrogens with two attached hydrogens (primary N) is 2. The van der Waals surface area contributed by atoms with Gasteiger partial charge in [-0.2, -0.15) is 0 Å². The van der Waals surface area contributed by atoms with Gasteiger partial charge in [0.1, 0.15) is 0 Å². The van der Waals surface area contributed by atoms with Crippen molar-refractivity contribution in [3.63, 3.8) is 0 Å². The van der Waals surface area contributed by atoms with E-state index in [9.17, 15) is 4.79 Å². The van der Waals surface area contributed by atoms with Crippen LogP contribution in [0, 0.1) is 0 Å². The Balaban J connectivity index is 2.20. The molecule has 0 saturated carbocycles. The van der Waals surface area contributed by atoms with Crippen molar-refractivity contribution in [3.05, 3.63) is 59.7 Å². The molecule has 0 aliphatic heterocycles. The average molecular weight is 255 g/mol. The van der Waals surface area contributed by atoms with Crippen LogP contribution in [-0.4, -0.2) is 13.0 Å². The summed E-state index contributed by atoms with van der Waals surface area (Å²) in [4.78, 5) is 13.9. The number of benzene rings is 2. The van der Waals surface area contributed by atoms with E-state index < -0.39 is 0 Å². The SMILES string of the molecule is CN(C(=O)c1ccc(N)cc1)c1ccc(CN)cc1. The fraction of sp³-hybridized carbons (Fsp3) is 0.133. The minimum absolute atomic E-state index is 0.0690. The zero-order chi connectivity index (χ0) is 13.8. The molecule has 0 unspecified atom stereocenters. The molecule has 0 radical (unpaired) electrons. The topological polar surface area (TPSA) is 72.3 Å². The maximum atomic E-state index is 12.3. The third-order valence-corrected chi connectivity index (χ3v) is 3.02. The Morgan fingerprint density at radius 3 is 2.16 bits per heavy atom. The van der Waals surface area contributed by atoms with Gasteiger partial charge in [-0.25, -0.2) is 0 Å². The second-order valence-electron chi connectivity index (χ2n) is 4.36. The summed E-state index contributed by atoms with van der Waals surface area (Å²) in [5.41, 5.74) is 14.3. The van der Waals surface area contributed by atoms with Gasteiger partial charge in [-0.05, 0) is 42.0 Å². The molecule has 4 heteroatoms. The Bertz CT molecular complexity index is 561. The molecule has 0 bridgehead atoms. The van der Waals surface area contributed by atoms with Crippen molar-refractivity contribution in [2.24, 2.45) is 5.73 Å².